The molecule has 3 rings (SSSR count). The number of benzene rings is 1. The van der Waals surface area contributed by atoms with Crippen LogP contribution in [0.5, 0.6) is 0 Å². The molecule has 0 aliphatic carbocycles. The van der Waals surface area contributed by atoms with E-state index < -0.39 is 0 Å². The van der Waals surface area contributed by atoms with Crippen molar-refractivity contribution in [1.29, 1.82) is 0 Å². The maximum absolute atomic E-state index is 12.9. The second kappa shape index (κ2) is 7.00. The van der Waals surface area contributed by atoms with Crippen LogP contribution >= 0.6 is 11.6 Å². The molecule has 1 aromatic heterocycles. The van der Waals surface area contributed by atoms with Gasteiger partial charge in [0.2, 0.25) is 5.91 Å². The lowest BCUT2D eigenvalue weighted by Crippen LogP contribution is -2.38. The highest BCUT2D eigenvalue weighted by molar-refractivity contribution is 6.35. The van der Waals surface area contributed by atoms with Crippen molar-refractivity contribution in [1.82, 2.24) is 9.97 Å². The van der Waals surface area contributed by atoms with Crippen molar-refractivity contribution < 1.29 is 9.18 Å². The quantitative estimate of drug-likeness (QED) is 0.890. The number of carbonyl (C=O) groups is 1. The Morgan fingerprint density at radius 1 is 1.25 bits per heavy atom. The van der Waals surface area contributed by atoms with E-state index in [4.69, 9.17) is 17.3 Å². The molecule has 0 saturated carbocycles. The topological polar surface area (TPSA) is 84.1 Å². The fourth-order valence-corrected chi connectivity index (χ4v) is 2.94. The average Bonchev–Trinajstić information content (AvgIpc) is 2.59. The number of carbonyl (C=O) groups excluding carboxylic acids is 1. The molecule has 24 heavy (non-hydrogen) atoms. The van der Waals surface area contributed by atoms with Gasteiger partial charge in [-0.05, 0) is 37.1 Å². The predicted octanol–water partition coefficient (Wildman–Crippen LogP) is 2.71. The Hall–Kier alpha value is -2.41. The maximum atomic E-state index is 12.9. The van der Waals surface area contributed by atoms with Gasteiger partial charge in [-0.15, -0.1) is 0 Å². The summed E-state index contributed by atoms with van der Waals surface area (Å²) in [5.41, 5.74) is 6.29. The fourth-order valence-electron chi connectivity index (χ4n) is 2.73. The number of nitrogens with one attached hydrogen (secondary N) is 1. The van der Waals surface area contributed by atoms with Crippen molar-refractivity contribution in [2.75, 3.05) is 29.0 Å². The van der Waals surface area contributed by atoms with Crippen LogP contribution < -0.4 is 16.0 Å². The minimum absolute atomic E-state index is 0.0606. The van der Waals surface area contributed by atoms with Gasteiger partial charge in [0, 0.05) is 24.7 Å². The molecule has 1 fully saturated rings. The summed E-state index contributed by atoms with van der Waals surface area (Å²) in [5, 5.41) is 3.16. The molecule has 6 nitrogen and oxygen atoms in total. The van der Waals surface area contributed by atoms with Crippen LogP contribution in [-0.2, 0) is 4.79 Å². The monoisotopic (exact) mass is 349 g/mol. The van der Waals surface area contributed by atoms with Crippen LogP contribution in [-0.4, -0.2) is 29.0 Å². The number of nitrogen functional groups attached to an aromatic ring is 1. The molecular weight excluding hydrogens is 333 g/mol. The van der Waals surface area contributed by atoms with E-state index in [-0.39, 0.29) is 23.5 Å². The Morgan fingerprint density at radius 2 is 1.92 bits per heavy atom. The van der Waals surface area contributed by atoms with Gasteiger partial charge in [-0.1, -0.05) is 11.6 Å². The molecule has 0 spiro atoms. The summed E-state index contributed by atoms with van der Waals surface area (Å²) in [6.07, 6.45) is 2.73. The van der Waals surface area contributed by atoms with Crippen LogP contribution in [0.25, 0.3) is 0 Å². The van der Waals surface area contributed by atoms with E-state index in [0.29, 0.717) is 42.5 Å². The van der Waals surface area contributed by atoms with Crippen LogP contribution in [0.15, 0.2) is 30.6 Å². The third kappa shape index (κ3) is 3.56. The van der Waals surface area contributed by atoms with Gasteiger partial charge in [-0.25, -0.2) is 14.4 Å². The second-order valence-electron chi connectivity index (χ2n) is 5.65. The zero-order chi connectivity index (χ0) is 17.1. The molecule has 0 atom stereocenters. The number of halogens is 2. The van der Waals surface area contributed by atoms with Gasteiger partial charge in [0.05, 0.1) is 0 Å². The predicted molar refractivity (Wildman–Crippen MR) is 91.4 cm³/mol. The molecule has 1 saturated heterocycles. The number of rotatable bonds is 3. The first-order chi connectivity index (χ1) is 11.5. The van der Waals surface area contributed by atoms with Crippen molar-refractivity contribution in [3.8, 4) is 0 Å². The SMILES string of the molecule is Nc1ncnc(N2CCC(C(=O)Nc3ccc(F)cc3)CC2)c1Cl. The minimum atomic E-state index is -0.331. The zero-order valence-electron chi connectivity index (χ0n) is 12.9. The van der Waals surface area contributed by atoms with E-state index in [0.717, 1.165) is 0 Å². The molecule has 2 heterocycles. The van der Waals surface area contributed by atoms with Gasteiger partial charge in [-0.2, -0.15) is 0 Å². The van der Waals surface area contributed by atoms with Gasteiger partial charge >= 0.3 is 0 Å². The highest BCUT2D eigenvalue weighted by Crippen LogP contribution is 2.30. The van der Waals surface area contributed by atoms with Crippen LogP contribution in [0.4, 0.5) is 21.7 Å². The van der Waals surface area contributed by atoms with Gasteiger partial charge in [0.25, 0.3) is 0 Å². The zero-order valence-corrected chi connectivity index (χ0v) is 13.6. The van der Waals surface area contributed by atoms with Crippen LogP contribution in [0, 0.1) is 11.7 Å². The van der Waals surface area contributed by atoms with E-state index in [9.17, 15) is 9.18 Å². The molecule has 1 aliphatic heterocycles. The van der Waals surface area contributed by atoms with Crippen molar-refractivity contribution >= 4 is 34.8 Å². The van der Waals surface area contributed by atoms with Gasteiger partial charge in [-0.3, -0.25) is 4.79 Å². The summed E-state index contributed by atoms with van der Waals surface area (Å²) >= 11 is 6.14. The standard InChI is InChI=1S/C16H17ClFN5O/c17-13-14(19)20-9-21-15(13)23-7-5-10(6-8-23)16(24)22-12-3-1-11(18)2-4-12/h1-4,9-10H,5-8H2,(H,22,24)(H2,19,20,21). The molecule has 0 radical (unpaired) electrons. The lowest BCUT2D eigenvalue weighted by atomic mass is 9.96. The molecular formula is C16H17ClFN5O. The molecule has 0 bridgehead atoms. The number of amides is 1. The molecule has 3 N–H and O–H groups in total. The molecule has 126 valence electrons. The maximum Gasteiger partial charge on any atom is 0.227 e. The molecule has 8 heteroatoms. The number of nitrogens with two attached hydrogens (primary N) is 1. The first kappa shape index (κ1) is 16.4. The Balaban J connectivity index is 1.59. The number of aromatic nitrogens is 2. The normalized spacial score (nSPS) is 15.3. The Labute approximate surface area is 143 Å². The van der Waals surface area contributed by atoms with Crippen molar-refractivity contribution in [2.45, 2.75) is 12.8 Å². The van der Waals surface area contributed by atoms with E-state index in [2.05, 4.69) is 15.3 Å². The van der Waals surface area contributed by atoms with Gasteiger partial charge in [0.1, 0.15) is 23.0 Å². The highest BCUT2D eigenvalue weighted by Gasteiger charge is 2.27. The first-order valence-electron chi connectivity index (χ1n) is 7.62. The summed E-state index contributed by atoms with van der Waals surface area (Å²) in [7, 11) is 0. The molecule has 1 amide bonds. The lowest BCUT2D eigenvalue weighted by Gasteiger charge is -2.32. The highest BCUT2D eigenvalue weighted by atomic mass is 35.5. The van der Waals surface area contributed by atoms with Gasteiger partial charge < -0.3 is 16.0 Å². The lowest BCUT2D eigenvalue weighted by molar-refractivity contribution is -0.120. The molecule has 0 unspecified atom stereocenters. The van der Waals surface area contributed by atoms with Gasteiger partial charge in [0.15, 0.2) is 5.82 Å². The largest absolute Gasteiger partial charge is 0.382 e. The van der Waals surface area contributed by atoms with Crippen LogP contribution in [0.2, 0.25) is 5.02 Å². The number of hydrogen-bond acceptors (Lipinski definition) is 5. The third-order valence-corrected chi connectivity index (χ3v) is 4.44. The number of hydrogen-bond donors (Lipinski definition) is 2. The Bertz CT molecular complexity index is 732. The number of piperidine rings is 1. The van der Waals surface area contributed by atoms with E-state index >= 15 is 0 Å². The Morgan fingerprint density at radius 3 is 2.58 bits per heavy atom. The summed E-state index contributed by atoms with van der Waals surface area (Å²) < 4.78 is 12.9. The summed E-state index contributed by atoms with van der Waals surface area (Å²) in [4.78, 5) is 22.3. The van der Waals surface area contributed by atoms with Crippen molar-refractivity contribution in [2.24, 2.45) is 5.92 Å². The van der Waals surface area contributed by atoms with Crippen LogP contribution in [0.3, 0.4) is 0 Å². The average molecular weight is 350 g/mol. The minimum Gasteiger partial charge on any atom is -0.382 e. The van der Waals surface area contributed by atoms with Crippen molar-refractivity contribution in [3.05, 3.63) is 41.4 Å². The summed E-state index contributed by atoms with van der Waals surface area (Å²) in [6.45, 7) is 1.30. The Kier molecular flexibility index (Phi) is 4.80. The number of nitrogens with zero attached hydrogens (tertiary/aromatic N) is 3. The number of anilines is 3. The first-order valence-corrected chi connectivity index (χ1v) is 7.99. The third-order valence-electron chi connectivity index (χ3n) is 4.08. The molecule has 2 aromatic rings. The smallest absolute Gasteiger partial charge is 0.227 e. The van der Waals surface area contributed by atoms with E-state index in [1.165, 1.54) is 18.5 Å². The summed E-state index contributed by atoms with van der Waals surface area (Å²) in [5.74, 6) is 0.348. The van der Waals surface area contributed by atoms with Crippen LogP contribution in [0.1, 0.15) is 12.8 Å². The van der Waals surface area contributed by atoms with Crippen molar-refractivity contribution in [3.63, 3.8) is 0 Å². The molecule has 1 aromatic carbocycles. The van der Waals surface area contributed by atoms with E-state index in [1.807, 2.05) is 4.90 Å². The second-order valence-corrected chi connectivity index (χ2v) is 6.03. The molecule has 1 aliphatic rings. The van der Waals surface area contributed by atoms with E-state index in [1.54, 1.807) is 12.1 Å². The fraction of sp³-hybridized carbons (Fsp3) is 0.312. The summed E-state index contributed by atoms with van der Waals surface area (Å²) in [6, 6.07) is 5.73.